The average Bonchev–Trinajstić information content (AvgIpc) is 3.18. The molecule has 1 aromatic heterocycles. The topological polar surface area (TPSA) is 182 Å². The van der Waals surface area contributed by atoms with Crippen molar-refractivity contribution in [3.05, 3.63) is 27.8 Å². The number of hydrogen-bond donors (Lipinski definition) is 2. The zero-order valence-corrected chi connectivity index (χ0v) is 23.3. The van der Waals surface area contributed by atoms with E-state index in [1.54, 1.807) is 27.7 Å². The molecule has 0 spiro atoms. The van der Waals surface area contributed by atoms with Crippen molar-refractivity contribution in [3.8, 4) is 0 Å². The van der Waals surface area contributed by atoms with Crippen LogP contribution in [0.3, 0.4) is 0 Å². The van der Waals surface area contributed by atoms with Crippen molar-refractivity contribution in [1.82, 2.24) is 9.97 Å². The van der Waals surface area contributed by atoms with Gasteiger partial charge in [-0.15, -0.1) is 5.73 Å². The number of rotatable bonds is 9. The lowest BCUT2D eigenvalue weighted by molar-refractivity contribution is -0.158. The third kappa shape index (κ3) is 6.80. The second-order valence-electron chi connectivity index (χ2n) is 10.0. The number of phosphoric acid groups is 1. The van der Waals surface area contributed by atoms with Crippen molar-refractivity contribution in [2.24, 2.45) is 11.8 Å². The van der Waals surface area contributed by atoms with Crippen LogP contribution in [0.15, 0.2) is 16.7 Å². The summed E-state index contributed by atoms with van der Waals surface area (Å²) in [6.45, 7) is 5.88. The molecule has 3 aliphatic heterocycles. The van der Waals surface area contributed by atoms with Crippen molar-refractivity contribution in [2.45, 2.75) is 64.8 Å². The van der Waals surface area contributed by atoms with E-state index in [1.807, 2.05) is 0 Å². The van der Waals surface area contributed by atoms with Crippen LogP contribution in [0.1, 0.15) is 39.7 Å². The Kier molecular flexibility index (Phi) is 9.13. The normalized spacial score (nSPS) is 29.6. The van der Waals surface area contributed by atoms with E-state index < -0.39 is 68.4 Å². The number of carbonyl (C=O) groups is 2. The Hall–Kier alpha value is -3.06. The second-order valence-corrected chi connectivity index (χ2v) is 11.7. The molecule has 1 aromatic rings. The fraction of sp³-hybridized carbons (Fsp3) is 0.625. The Morgan fingerprint density at radius 3 is 2.65 bits per heavy atom. The number of nitrogens with one attached hydrogen (secondary N) is 1. The van der Waals surface area contributed by atoms with E-state index in [0.717, 1.165) is 0 Å². The summed E-state index contributed by atoms with van der Waals surface area (Å²) in [4.78, 5) is 44.2. The number of H-pyrrole nitrogens is 1. The Morgan fingerprint density at radius 2 is 2.00 bits per heavy atom. The summed E-state index contributed by atoms with van der Waals surface area (Å²) in [6.07, 6.45) is -3.71. The standard InChI is InChI=1S/C24H32FN4O10P/c1-12(2)23(32)39-19-16(11-36-40(33)34-9-14(10-35-40)8-17(30)37-13(3)4)38-22(18(19)25)29-7-5-6-15-20(29)27-24(26)28-21(15)31/h6-7,12-14,16,18-19,22H,8-11H2,1-4H3,(H3,26,27,28,31)/t14?,16-,18-,19-,22-,40?/m1/s1. The highest BCUT2D eigenvalue weighted by Crippen LogP contribution is 2.53. The van der Waals surface area contributed by atoms with Gasteiger partial charge in [0.05, 0.1) is 50.0 Å². The van der Waals surface area contributed by atoms with Gasteiger partial charge in [-0.05, 0) is 19.9 Å². The molecule has 2 fully saturated rings. The number of fused-ring (bicyclic) bond motifs is 1. The van der Waals surface area contributed by atoms with Crippen molar-refractivity contribution >= 4 is 37.6 Å². The van der Waals surface area contributed by atoms with Crippen LogP contribution in [-0.4, -0.2) is 72.4 Å². The van der Waals surface area contributed by atoms with E-state index in [4.69, 9.17) is 33.5 Å². The van der Waals surface area contributed by atoms with Gasteiger partial charge in [0.15, 0.2) is 24.3 Å². The van der Waals surface area contributed by atoms with Gasteiger partial charge in [0.25, 0.3) is 5.56 Å². The molecule has 0 bridgehead atoms. The maximum Gasteiger partial charge on any atom is 0.474 e. The van der Waals surface area contributed by atoms with Gasteiger partial charge in [0.1, 0.15) is 6.10 Å². The third-order valence-corrected chi connectivity index (χ3v) is 7.46. The summed E-state index contributed by atoms with van der Waals surface area (Å²) in [5.41, 5.74) is 7.92. The molecule has 4 atom stereocenters. The fourth-order valence-corrected chi connectivity index (χ4v) is 5.46. The summed E-state index contributed by atoms with van der Waals surface area (Å²) >= 11 is 0. The van der Waals surface area contributed by atoms with Gasteiger partial charge in [-0.25, -0.2) is 8.96 Å². The largest absolute Gasteiger partial charge is 0.474 e. The summed E-state index contributed by atoms with van der Waals surface area (Å²) in [5, 5.41) is 0. The van der Waals surface area contributed by atoms with Gasteiger partial charge in [0.2, 0.25) is 5.95 Å². The summed E-state index contributed by atoms with van der Waals surface area (Å²) in [7, 11) is -4.10. The van der Waals surface area contributed by atoms with Crippen LogP contribution in [0.5, 0.6) is 0 Å². The van der Waals surface area contributed by atoms with E-state index in [2.05, 4.69) is 15.7 Å². The minimum Gasteiger partial charge on any atom is -0.463 e. The number of phosphoric ester groups is 1. The number of aromatic amines is 1. The van der Waals surface area contributed by atoms with Crippen LogP contribution in [0.4, 0.5) is 16.2 Å². The monoisotopic (exact) mass is 586 g/mol. The first kappa shape index (κ1) is 29.9. The van der Waals surface area contributed by atoms with E-state index in [-0.39, 0.29) is 43.1 Å². The molecule has 0 radical (unpaired) electrons. The van der Waals surface area contributed by atoms with Gasteiger partial charge >= 0.3 is 19.8 Å². The number of carbonyl (C=O) groups excluding carboxylic acids is 2. The number of alkyl halides is 1. The Bertz CT molecular complexity index is 1280. The fourth-order valence-electron chi connectivity index (χ4n) is 4.12. The molecule has 40 heavy (non-hydrogen) atoms. The van der Waals surface area contributed by atoms with Crippen LogP contribution in [0.2, 0.25) is 0 Å². The van der Waals surface area contributed by atoms with E-state index in [0.29, 0.717) is 0 Å². The number of anilines is 2. The van der Waals surface area contributed by atoms with Crippen LogP contribution in [0, 0.1) is 11.8 Å². The third-order valence-electron chi connectivity index (χ3n) is 6.06. The van der Waals surface area contributed by atoms with Crippen molar-refractivity contribution in [3.63, 3.8) is 0 Å². The predicted molar refractivity (Wildman–Crippen MR) is 137 cm³/mol. The Labute approximate surface area is 229 Å². The summed E-state index contributed by atoms with van der Waals surface area (Å²) < 4.78 is 61.2. The molecule has 14 nitrogen and oxygen atoms in total. The molecular weight excluding hydrogens is 554 g/mol. The molecule has 0 unspecified atom stereocenters. The number of halogens is 1. The Morgan fingerprint density at radius 1 is 1.30 bits per heavy atom. The first-order chi connectivity index (χ1) is 18.9. The highest BCUT2D eigenvalue weighted by molar-refractivity contribution is 7.48. The number of nitrogen functional groups attached to an aromatic ring is 1. The lowest BCUT2D eigenvalue weighted by atomic mass is 10.1. The average molecular weight is 587 g/mol. The summed E-state index contributed by atoms with van der Waals surface area (Å²) in [6, 6.07) is 0. The van der Waals surface area contributed by atoms with Crippen LogP contribution in [0.25, 0.3) is 6.08 Å². The van der Waals surface area contributed by atoms with Crippen LogP contribution < -0.4 is 16.2 Å². The van der Waals surface area contributed by atoms with Crippen molar-refractivity contribution < 1.29 is 46.3 Å². The number of aromatic nitrogens is 2. The zero-order chi connectivity index (χ0) is 29.2. The van der Waals surface area contributed by atoms with E-state index in [9.17, 15) is 18.9 Å². The number of esters is 2. The molecule has 0 aromatic carbocycles. The minimum atomic E-state index is -4.10. The highest BCUT2D eigenvalue weighted by atomic mass is 31.2. The molecule has 3 aliphatic rings. The number of nitrogens with two attached hydrogens (primary N) is 1. The molecule has 0 amide bonds. The molecule has 3 N–H and O–H groups in total. The minimum absolute atomic E-state index is 0.00299. The first-order valence-corrected chi connectivity index (χ1v) is 14.2. The number of hydrogen-bond acceptors (Lipinski definition) is 13. The van der Waals surface area contributed by atoms with E-state index >= 15 is 4.39 Å². The molecule has 0 saturated carbocycles. The van der Waals surface area contributed by atoms with Gasteiger partial charge in [-0.2, -0.15) is 4.98 Å². The molecule has 2 saturated heterocycles. The smallest absolute Gasteiger partial charge is 0.463 e. The molecular formula is C24H32FN4O10P. The van der Waals surface area contributed by atoms with Gasteiger partial charge in [-0.3, -0.25) is 37.8 Å². The van der Waals surface area contributed by atoms with Crippen LogP contribution in [-0.2, 0) is 41.9 Å². The Balaban J connectivity index is 1.46. The maximum atomic E-state index is 15.9. The van der Waals surface area contributed by atoms with Crippen molar-refractivity contribution in [2.75, 3.05) is 30.5 Å². The van der Waals surface area contributed by atoms with Gasteiger partial charge in [-0.1, -0.05) is 13.8 Å². The molecule has 0 aliphatic carbocycles. The van der Waals surface area contributed by atoms with Gasteiger partial charge < -0.3 is 19.9 Å². The first-order valence-electron chi connectivity index (χ1n) is 12.7. The van der Waals surface area contributed by atoms with Crippen LogP contribution >= 0.6 is 7.82 Å². The van der Waals surface area contributed by atoms with Crippen molar-refractivity contribution in [1.29, 1.82) is 0 Å². The van der Waals surface area contributed by atoms with Gasteiger partial charge in [0, 0.05) is 5.92 Å². The molecule has 4 heterocycles. The molecule has 16 heteroatoms. The summed E-state index contributed by atoms with van der Waals surface area (Å²) in [5.74, 6) is -2.30. The lowest BCUT2D eigenvalue weighted by Crippen LogP contribution is -2.42. The highest BCUT2D eigenvalue weighted by Gasteiger charge is 2.52. The number of ether oxygens (including phenoxy) is 3. The zero-order valence-electron chi connectivity index (χ0n) is 22.4. The quantitative estimate of drug-likeness (QED) is 0.244. The van der Waals surface area contributed by atoms with E-state index in [1.165, 1.54) is 17.2 Å². The molecule has 4 rings (SSSR count). The predicted octanol–water partition coefficient (Wildman–Crippen LogP) is 2.06. The molecule has 220 valence electrons. The second kappa shape index (κ2) is 12.2. The lowest BCUT2D eigenvalue weighted by Gasteiger charge is -2.29. The maximum absolute atomic E-state index is 15.9. The SMILES string of the molecule is CC(C)OC(=O)CC1COP(=O)(OC[C@H]2O[C@@H](N3C=C=Cc4c3nc(N)[nH]c4=O)[C@H](F)[C@@H]2OC(=O)C(C)C)OC1. The number of nitrogens with zero attached hydrogens (tertiary/aromatic N) is 2.